The molecule has 2 rings (SSSR count). The van der Waals surface area contributed by atoms with E-state index < -0.39 is 5.97 Å². The van der Waals surface area contributed by atoms with Gasteiger partial charge in [0.05, 0.1) is 17.9 Å². The van der Waals surface area contributed by atoms with Gasteiger partial charge < -0.3 is 20.1 Å². The minimum atomic E-state index is -2.38. The lowest BCUT2D eigenvalue weighted by Gasteiger charge is -2.15. The van der Waals surface area contributed by atoms with Crippen LogP contribution in [0.3, 0.4) is 0 Å². The zero-order valence-corrected chi connectivity index (χ0v) is 8.98. The Labute approximate surface area is 88.0 Å². The Morgan fingerprint density at radius 3 is 2.60 bits per heavy atom. The van der Waals surface area contributed by atoms with Crippen molar-refractivity contribution in [2.24, 2.45) is 0 Å². The summed E-state index contributed by atoms with van der Waals surface area (Å²) in [4.78, 5) is 3.86. The zero-order chi connectivity index (χ0) is 11.6. The van der Waals surface area contributed by atoms with Crippen LogP contribution in [0.2, 0.25) is 0 Å². The third-order valence-electron chi connectivity index (χ3n) is 2.07. The lowest BCUT2D eigenvalue weighted by Crippen LogP contribution is -2.23. The van der Waals surface area contributed by atoms with Gasteiger partial charge in [0.2, 0.25) is 0 Å². The number of pyridine rings is 1. The quantitative estimate of drug-likeness (QED) is 0.554. The molecular weight excluding hydrogens is 198 g/mol. The molecule has 2 heterocycles. The minimum Gasteiger partial charge on any atom is -0.505 e. The number of aliphatic hydroxyl groups is 2. The van der Waals surface area contributed by atoms with Crippen molar-refractivity contribution < 1.29 is 20.1 Å². The van der Waals surface area contributed by atoms with Crippen LogP contribution < -0.4 is 0 Å². The van der Waals surface area contributed by atoms with E-state index in [1.165, 1.54) is 6.20 Å². The molecule has 0 fully saturated rings. The molecule has 0 aliphatic carbocycles. The summed E-state index contributed by atoms with van der Waals surface area (Å²) in [5.41, 5.74) is 0.838. The lowest BCUT2D eigenvalue weighted by atomic mass is 10.1. The van der Waals surface area contributed by atoms with Crippen LogP contribution in [0.5, 0.6) is 5.75 Å². The van der Waals surface area contributed by atoms with Crippen LogP contribution >= 0.6 is 0 Å². The number of rotatable bonds is 0. The van der Waals surface area contributed by atoms with E-state index >= 15 is 0 Å². The van der Waals surface area contributed by atoms with Gasteiger partial charge in [0.15, 0.2) is 0 Å². The third-order valence-corrected chi connectivity index (χ3v) is 2.07. The van der Waals surface area contributed by atoms with Crippen molar-refractivity contribution in [3.63, 3.8) is 0 Å². The van der Waals surface area contributed by atoms with Gasteiger partial charge in [0.25, 0.3) is 0 Å². The number of hydrogen-bond acceptors (Lipinski definition) is 5. The second-order valence-corrected chi connectivity index (χ2v) is 2.99. The molecule has 0 saturated carbocycles. The molecule has 0 spiro atoms. The Morgan fingerprint density at radius 1 is 1.40 bits per heavy atom. The highest BCUT2D eigenvalue weighted by atomic mass is 16.8. The monoisotopic (exact) mass is 213 g/mol. The fraction of sp³-hybridized carbons (Fsp3) is 0.500. The van der Waals surface area contributed by atoms with E-state index in [1.807, 2.05) is 13.8 Å². The standard InChI is InChI=1S/C8H9NO4.C2H6/c1-4-7(10)6-5(2-9-4)3-13-8(6,11)12;1-2/h2,10-12H,3H2,1H3;1-2H3. The van der Waals surface area contributed by atoms with Crippen molar-refractivity contribution in [2.45, 2.75) is 33.4 Å². The Hall–Kier alpha value is -1.17. The SMILES string of the molecule is CC.Cc1ncc2c(c1O)C(O)(O)OC2. The van der Waals surface area contributed by atoms with Crippen LogP contribution in [0.1, 0.15) is 30.7 Å². The van der Waals surface area contributed by atoms with Crippen LogP contribution in [-0.2, 0) is 17.3 Å². The fourth-order valence-electron chi connectivity index (χ4n) is 1.36. The molecule has 0 unspecified atom stereocenters. The molecular formula is C10H15NO4. The molecule has 0 radical (unpaired) electrons. The summed E-state index contributed by atoms with van der Waals surface area (Å²) in [7, 11) is 0. The molecule has 1 aliphatic heterocycles. The summed E-state index contributed by atoms with van der Waals surface area (Å²) in [5.74, 6) is -2.60. The van der Waals surface area contributed by atoms with Crippen molar-refractivity contribution in [2.75, 3.05) is 0 Å². The Kier molecular flexibility index (Phi) is 3.28. The summed E-state index contributed by atoms with van der Waals surface area (Å²) >= 11 is 0. The average Bonchev–Trinajstić information content (AvgIpc) is 2.52. The van der Waals surface area contributed by atoms with Crippen molar-refractivity contribution in [3.05, 3.63) is 23.0 Å². The molecule has 5 heteroatoms. The van der Waals surface area contributed by atoms with Crippen molar-refractivity contribution in [1.29, 1.82) is 0 Å². The predicted molar refractivity (Wildman–Crippen MR) is 52.9 cm³/mol. The molecule has 1 aliphatic rings. The first-order chi connectivity index (χ1) is 7.02. The maximum atomic E-state index is 9.49. The van der Waals surface area contributed by atoms with Gasteiger partial charge in [-0.3, -0.25) is 4.98 Å². The van der Waals surface area contributed by atoms with Gasteiger partial charge in [0.1, 0.15) is 5.75 Å². The van der Waals surface area contributed by atoms with E-state index in [1.54, 1.807) is 6.92 Å². The molecule has 0 aromatic carbocycles. The van der Waals surface area contributed by atoms with Gasteiger partial charge in [-0.15, -0.1) is 0 Å². The van der Waals surface area contributed by atoms with Crippen LogP contribution in [0.25, 0.3) is 0 Å². The molecule has 0 amide bonds. The van der Waals surface area contributed by atoms with Crippen molar-refractivity contribution >= 4 is 0 Å². The highest BCUT2D eigenvalue weighted by Crippen LogP contribution is 2.38. The number of hydrogen-bond donors (Lipinski definition) is 3. The largest absolute Gasteiger partial charge is 0.505 e. The first kappa shape index (κ1) is 11.9. The second kappa shape index (κ2) is 4.14. The molecule has 3 N–H and O–H groups in total. The number of aromatic nitrogens is 1. The van der Waals surface area contributed by atoms with Gasteiger partial charge in [-0.05, 0) is 6.92 Å². The number of ether oxygens (including phenoxy) is 1. The van der Waals surface area contributed by atoms with E-state index in [0.717, 1.165) is 0 Å². The Balaban J connectivity index is 0.000000531. The van der Waals surface area contributed by atoms with Crippen LogP contribution in [0.4, 0.5) is 0 Å². The number of aryl methyl sites for hydroxylation is 1. The molecule has 1 aromatic heterocycles. The molecule has 1 aromatic rings. The van der Waals surface area contributed by atoms with Crippen LogP contribution in [0.15, 0.2) is 6.20 Å². The van der Waals surface area contributed by atoms with Gasteiger partial charge in [-0.2, -0.15) is 0 Å². The fourth-order valence-corrected chi connectivity index (χ4v) is 1.36. The average molecular weight is 213 g/mol. The first-order valence-electron chi connectivity index (χ1n) is 4.79. The smallest absolute Gasteiger partial charge is 0.311 e. The normalized spacial score (nSPS) is 16.6. The lowest BCUT2D eigenvalue weighted by molar-refractivity contribution is -0.343. The molecule has 0 bridgehead atoms. The van der Waals surface area contributed by atoms with Crippen molar-refractivity contribution in [1.82, 2.24) is 4.98 Å². The first-order valence-corrected chi connectivity index (χ1v) is 4.79. The summed E-state index contributed by atoms with van der Waals surface area (Å²) in [5, 5.41) is 28.1. The summed E-state index contributed by atoms with van der Waals surface area (Å²) < 4.78 is 4.66. The van der Waals surface area contributed by atoms with Gasteiger partial charge in [0, 0.05) is 11.8 Å². The second-order valence-electron chi connectivity index (χ2n) is 2.99. The third kappa shape index (κ3) is 1.94. The van der Waals surface area contributed by atoms with E-state index in [2.05, 4.69) is 9.72 Å². The molecule has 5 nitrogen and oxygen atoms in total. The molecule has 0 saturated heterocycles. The predicted octanol–water partition coefficient (Wildman–Crippen LogP) is 0.747. The molecule has 84 valence electrons. The van der Waals surface area contributed by atoms with Gasteiger partial charge >= 0.3 is 5.97 Å². The maximum Gasteiger partial charge on any atom is 0.311 e. The number of fused-ring (bicyclic) bond motifs is 1. The van der Waals surface area contributed by atoms with Gasteiger partial charge in [-0.25, -0.2) is 0 Å². The topological polar surface area (TPSA) is 82.8 Å². The summed E-state index contributed by atoms with van der Waals surface area (Å²) in [6.07, 6.45) is 1.46. The molecule has 0 atom stereocenters. The van der Waals surface area contributed by atoms with E-state index in [0.29, 0.717) is 11.3 Å². The number of aromatic hydroxyl groups is 1. The van der Waals surface area contributed by atoms with Crippen molar-refractivity contribution in [3.8, 4) is 5.75 Å². The maximum absolute atomic E-state index is 9.49. The zero-order valence-electron chi connectivity index (χ0n) is 8.98. The van der Waals surface area contributed by atoms with E-state index in [-0.39, 0.29) is 17.9 Å². The van der Waals surface area contributed by atoms with E-state index in [4.69, 9.17) is 0 Å². The van der Waals surface area contributed by atoms with Crippen LogP contribution in [0, 0.1) is 6.92 Å². The summed E-state index contributed by atoms with van der Waals surface area (Å²) in [6, 6.07) is 0. The Bertz CT molecular complexity index is 363. The van der Waals surface area contributed by atoms with E-state index in [9.17, 15) is 15.3 Å². The Morgan fingerprint density at radius 2 is 2.00 bits per heavy atom. The van der Waals surface area contributed by atoms with Crippen LogP contribution in [-0.4, -0.2) is 20.3 Å². The number of nitrogens with zero attached hydrogens (tertiary/aromatic N) is 1. The summed E-state index contributed by atoms with van der Waals surface area (Å²) in [6.45, 7) is 5.62. The highest BCUT2D eigenvalue weighted by molar-refractivity contribution is 5.44. The highest BCUT2D eigenvalue weighted by Gasteiger charge is 2.39. The molecule has 15 heavy (non-hydrogen) atoms. The minimum absolute atomic E-state index is 0.000000000000000444. The van der Waals surface area contributed by atoms with Gasteiger partial charge in [-0.1, -0.05) is 13.8 Å².